The molecule has 1 heteroatoms. The zero-order valence-corrected chi connectivity index (χ0v) is 8.22. The van der Waals surface area contributed by atoms with Crippen LogP contribution in [0.4, 0.5) is 0 Å². The van der Waals surface area contributed by atoms with Crippen LogP contribution < -0.4 is 5.32 Å². The minimum Gasteiger partial charge on any atom is -0.360 e. The molecule has 0 bridgehead atoms. The number of hydrogen-bond acceptors (Lipinski definition) is 1. The molecule has 1 nitrogen and oxygen atoms in total. The molecule has 0 aliphatic heterocycles. The van der Waals surface area contributed by atoms with Gasteiger partial charge in [-0.05, 0) is 19.4 Å². The molecule has 0 spiro atoms. The van der Waals surface area contributed by atoms with E-state index < -0.39 is 0 Å². The molecule has 0 fully saturated rings. The summed E-state index contributed by atoms with van der Waals surface area (Å²) in [5.74, 6) is 0. The van der Waals surface area contributed by atoms with Crippen molar-refractivity contribution in [2.24, 2.45) is 0 Å². The van der Waals surface area contributed by atoms with Crippen LogP contribution in [0.15, 0.2) is 43.1 Å². The summed E-state index contributed by atoms with van der Waals surface area (Å²) in [6, 6.07) is 8.15. The van der Waals surface area contributed by atoms with Gasteiger partial charge in [0.1, 0.15) is 0 Å². The summed E-state index contributed by atoms with van der Waals surface area (Å²) in [5.41, 5.74) is 4.19. The van der Waals surface area contributed by atoms with Crippen LogP contribution in [0.5, 0.6) is 0 Å². The predicted octanol–water partition coefficient (Wildman–Crippen LogP) is 3.09. The van der Waals surface area contributed by atoms with Crippen molar-refractivity contribution in [1.82, 2.24) is 5.32 Å². The lowest BCUT2D eigenvalue weighted by atomic mass is 10.1. The highest BCUT2D eigenvalue weighted by molar-refractivity contribution is 5.65. The lowest BCUT2D eigenvalue weighted by Crippen LogP contribution is -2.08. The van der Waals surface area contributed by atoms with E-state index in [2.05, 4.69) is 31.5 Å². The third kappa shape index (κ3) is 2.48. The molecule has 0 heterocycles. The number of nitrogens with one attached hydrogen (secondary N) is 1. The molecule has 0 saturated heterocycles. The fraction of sp³-hybridized carbons (Fsp3) is 0.167. The first-order valence-corrected chi connectivity index (χ1v) is 4.28. The summed E-state index contributed by atoms with van der Waals surface area (Å²) in [4.78, 5) is 0. The highest BCUT2D eigenvalue weighted by Gasteiger charge is 2.00. The average molecular weight is 173 g/mol. The standard InChI is InChI=1S/C12H15N/c1-9(2)13-11(4)12-8-6-5-7-10(12)3/h5-8,13H,1,4H2,2-3H3. The number of rotatable bonds is 3. The zero-order valence-electron chi connectivity index (χ0n) is 8.22. The predicted molar refractivity (Wildman–Crippen MR) is 58.2 cm³/mol. The highest BCUT2D eigenvalue weighted by Crippen LogP contribution is 2.14. The Bertz CT molecular complexity index is 337. The van der Waals surface area contributed by atoms with Gasteiger partial charge in [-0.25, -0.2) is 0 Å². The Labute approximate surface area is 79.8 Å². The van der Waals surface area contributed by atoms with Gasteiger partial charge < -0.3 is 5.32 Å². The maximum Gasteiger partial charge on any atom is 0.0384 e. The fourth-order valence-corrected chi connectivity index (χ4v) is 1.24. The molecule has 68 valence electrons. The monoisotopic (exact) mass is 173 g/mol. The third-order valence-electron chi connectivity index (χ3n) is 1.83. The minimum absolute atomic E-state index is 0.908. The second-order valence-corrected chi connectivity index (χ2v) is 3.20. The quantitative estimate of drug-likeness (QED) is 0.740. The minimum atomic E-state index is 0.908. The van der Waals surface area contributed by atoms with E-state index in [0.29, 0.717) is 0 Å². The molecule has 0 radical (unpaired) electrons. The van der Waals surface area contributed by atoms with E-state index in [1.54, 1.807) is 0 Å². The largest absolute Gasteiger partial charge is 0.360 e. The summed E-state index contributed by atoms with van der Waals surface area (Å²) in [7, 11) is 0. The topological polar surface area (TPSA) is 12.0 Å². The summed E-state index contributed by atoms with van der Waals surface area (Å²) >= 11 is 0. The molecule has 0 aliphatic carbocycles. The van der Waals surface area contributed by atoms with Gasteiger partial charge in [0.05, 0.1) is 0 Å². The van der Waals surface area contributed by atoms with Gasteiger partial charge in [-0.2, -0.15) is 0 Å². The van der Waals surface area contributed by atoms with Crippen molar-refractivity contribution in [2.75, 3.05) is 0 Å². The maximum atomic E-state index is 3.95. The van der Waals surface area contributed by atoms with Gasteiger partial charge in [0.2, 0.25) is 0 Å². The Morgan fingerprint density at radius 2 is 1.85 bits per heavy atom. The summed E-state index contributed by atoms with van der Waals surface area (Å²) < 4.78 is 0. The first-order chi connectivity index (χ1) is 6.11. The van der Waals surface area contributed by atoms with Crippen molar-refractivity contribution in [3.63, 3.8) is 0 Å². The van der Waals surface area contributed by atoms with Crippen molar-refractivity contribution < 1.29 is 0 Å². The van der Waals surface area contributed by atoms with Crippen LogP contribution in [-0.2, 0) is 0 Å². The van der Waals surface area contributed by atoms with Gasteiger partial charge in [-0.3, -0.25) is 0 Å². The van der Waals surface area contributed by atoms with E-state index in [4.69, 9.17) is 0 Å². The van der Waals surface area contributed by atoms with Crippen LogP contribution in [0, 0.1) is 6.92 Å². The van der Waals surface area contributed by atoms with Crippen molar-refractivity contribution >= 4 is 5.70 Å². The van der Waals surface area contributed by atoms with Crippen LogP contribution in [0.3, 0.4) is 0 Å². The van der Waals surface area contributed by atoms with Gasteiger partial charge in [0.25, 0.3) is 0 Å². The van der Waals surface area contributed by atoms with Gasteiger partial charge in [-0.1, -0.05) is 37.4 Å². The molecular weight excluding hydrogens is 158 g/mol. The molecule has 0 unspecified atom stereocenters. The first kappa shape index (κ1) is 9.59. The van der Waals surface area contributed by atoms with Crippen molar-refractivity contribution in [3.05, 3.63) is 54.2 Å². The summed E-state index contributed by atoms with van der Waals surface area (Å²) in [5, 5.41) is 3.11. The van der Waals surface area contributed by atoms with Crippen LogP contribution in [0.1, 0.15) is 18.1 Å². The molecule has 13 heavy (non-hydrogen) atoms. The lowest BCUT2D eigenvalue weighted by Gasteiger charge is -2.11. The van der Waals surface area contributed by atoms with Gasteiger partial charge in [-0.15, -0.1) is 0 Å². The van der Waals surface area contributed by atoms with Gasteiger partial charge >= 0.3 is 0 Å². The van der Waals surface area contributed by atoms with E-state index in [1.165, 1.54) is 5.56 Å². The van der Waals surface area contributed by atoms with E-state index >= 15 is 0 Å². The highest BCUT2D eigenvalue weighted by atomic mass is 14.9. The van der Waals surface area contributed by atoms with Crippen LogP contribution in [0.25, 0.3) is 5.70 Å². The molecule has 0 aliphatic rings. The number of aryl methyl sites for hydroxylation is 1. The zero-order chi connectivity index (χ0) is 9.84. The molecule has 1 rings (SSSR count). The second kappa shape index (κ2) is 3.94. The van der Waals surface area contributed by atoms with Crippen LogP contribution in [-0.4, -0.2) is 0 Å². The Morgan fingerprint density at radius 1 is 1.23 bits per heavy atom. The fourth-order valence-electron chi connectivity index (χ4n) is 1.24. The Balaban J connectivity index is 2.89. The molecular formula is C12H15N. The second-order valence-electron chi connectivity index (χ2n) is 3.20. The third-order valence-corrected chi connectivity index (χ3v) is 1.83. The first-order valence-electron chi connectivity index (χ1n) is 4.28. The van der Waals surface area contributed by atoms with Crippen LogP contribution >= 0.6 is 0 Å². The molecule has 0 amide bonds. The number of hydrogen-bond donors (Lipinski definition) is 1. The van der Waals surface area contributed by atoms with E-state index in [-0.39, 0.29) is 0 Å². The van der Waals surface area contributed by atoms with Crippen molar-refractivity contribution in [3.8, 4) is 0 Å². The normalized spacial score (nSPS) is 9.38. The Hall–Kier alpha value is -1.50. The molecule has 0 saturated carbocycles. The van der Waals surface area contributed by atoms with Crippen LogP contribution in [0.2, 0.25) is 0 Å². The van der Waals surface area contributed by atoms with Crippen molar-refractivity contribution in [1.29, 1.82) is 0 Å². The molecule has 1 aromatic carbocycles. The van der Waals surface area contributed by atoms with E-state index in [1.807, 2.05) is 25.1 Å². The molecule has 0 atom stereocenters. The molecule has 0 aromatic heterocycles. The van der Waals surface area contributed by atoms with Crippen molar-refractivity contribution in [2.45, 2.75) is 13.8 Å². The summed E-state index contributed by atoms with van der Waals surface area (Å²) in [6.07, 6.45) is 0. The lowest BCUT2D eigenvalue weighted by molar-refractivity contribution is 1.09. The SMILES string of the molecule is C=C(C)NC(=C)c1ccccc1C. The maximum absolute atomic E-state index is 3.95. The number of allylic oxidation sites excluding steroid dienone is 1. The van der Waals surface area contributed by atoms with E-state index in [9.17, 15) is 0 Å². The van der Waals surface area contributed by atoms with Gasteiger partial charge in [0, 0.05) is 17.0 Å². The molecule has 1 aromatic rings. The Morgan fingerprint density at radius 3 is 2.38 bits per heavy atom. The Kier molecular flexibility index (Phi) is 2.91. The number of benzene rings is 1. The smallest absolute Gasteiger partial charge is 0.0384 e. The summed E-state index contributed by atoms with van der Waals surface area (Å²) in [6.45, 7) is 11.7. The molecule has 1 N–H and O–H groups in total. The van der Waals surface area contributed by atoms with Gasteiger partial charge in [0.15, 0.2) is 0 Å². The average Bonchev–Trinajstić information content (AvgIpc) is 2.03. The van der Waals surface area contributed by atoms with E-state index in [0.717, 1.165) is 17.0 Å².